The van der Waals surface area contributed by atoms with Crippen LogP contribution in [0.25, 0.3) is 0 Å². The zero-order chi connectivity index (χ0) is 13.0. The molecule has 0 saturated heterocycles. The first-order chi connectivity index (χ1) is 7.01. The molecule has 0 aromatic rings. The zero-order valence-electron chi connectivity index (χ0n) is 9.73. The molecule has 1 atom stereocenters. The lowest BCUT2D eigenvalue weighted by molar-refractivity contribution is -0.145. The molecule has 7 heteroatoms. The summed E-state index contributed by atoms with van der Waals surface area (Å²) in [6.07, 6.45) is -4.40. The summed E-state index contributed by atoms with van der Waals surface area (Å²) in [5, 5.41) is 1.75. The van der Waals surface area contributed by atoms with E-state index in [-0.39, 0.29) is 0 Å². The fourth-order valence-electron chi connectivity index (χ4n) is 0.659. The van der Waals surface area contributed by atoms with Crippen molar-refractivity contribution < 1.29 is 22.8 Å². The van der Waals surface area contributed by atoms with Gasteiger partial charge in [0.15, 0.2) is 0 Å². The van der Waals surface area contributed by atoms with Crippen molar-refractivity contribution in [3.05, 3.63) is 0 Å². The van der Waals surface area contributed by atoms with E-state index in [9.17, 15) is 18.0 Å². The van der Waals surface area contributed by atoms with Crippen LogP contribution in [0.1, 0.15) is 27.7 Å². The molecule has 0 bridgehead atoms. The summed E-state index contributed by atoms with van der Waals surface area (Å²) < 4.78 is 35.4. The monoisotopic (exact) mass is 242 g/mol. The maximum absolute atomic E-state index is 11.8. The molecule has 0 aromatic carbocycles. The number of amides is 1. The largest absolute Gasteiger partial charge is 0.405 e. The standard InChI is InChI=1S/C9H17F3N2O2/c1-6(14-16-8(2,3)4)7(15)13-5-9(10,11)12/h6,14H,5H2,1-4H3,(H,13,15). The third-order valence-corrected chi connectivity index (χ3v) is 1.40. The van der Waals surface area contributed by atoms with E-state index < -0.39 is 30.3 Å². The summed E-state index contributed by atoms with van der Waals surface area (Å²) in [7, 11) is 0. The number of nitrogens with one attached hydrogen (secondary N) is 2. The fourth-order valence-corrected chi connectivity index (χ4v) is 0.659. The third-order valence-electron chi connectivity index (χ3n) is 1.40. The van der Waals surface area contributed by atoms with Crippen LogP contribution in [0.5, 0.6) is 0 Å². The molecule has 1 amide bonds. The Morgan fingerprint density at radius 1 is 1.31 bits per heavy atom. The number of alkyl halides is 3. The predicted octanol–water partition coefficient (Wildman–Crippen LogP) is 1.37. The van der Waals surface area contributed by atoms with E-state index in [0.29, 0.717) is 0 Å². The van der Waals surface area contributed by atoms with Crippen LogP contribution < -0.4 is 10.8 Å². The van der Waals surface area contributed by atoms with Crippen molar-refractivity contribution in [2.24, 2.45) is 0 Å². The topological polar surface area (TPSA) is 50.4 Å². The van der Waals surface area contributed by atoms with Gasteiger partial charge in [0.25, 0.3) is 0 Å². The molecule has 0 saturated carbocycles. The van der Waals surface area contributed by atoms with Crippen LogP contribution in [0.4, 0.5) is 13.2 Å². The summed E-state index contributed by atoms with van der Waals surface area (Å²) in [6, 6.07) is -0.846. The van der Waals surface area contributed by atoms with Gasteiger partial charge in [0, 0.05) is 0 Å². The van der Waals surface area contributed by atoms with Crippen molar-refractivity contribution >= 4 is 5.91 Å². The molecule has 1 unspecified atom stereocenters. The summed E-state index contributed by atoms with van der Waals surface area (Å²) in [5.41, 5.74) is 1.86. The molecule has 0 heterocycles. The first-order valence-corrected chi connectivity index (χ1v) is 4.79. The minimum Gasteiger partial charge on any atom is -0.346 e. The normalized spacial score (nSPS) is 14.7. The number of hydroxylamine groups is 1. The summed E-state index contributed by atoms with van der Waals surface area (Å²) in [4.78, 5) is 16.2. The van der Waals surface area contributed by atoms with Crippen molar-refractivity contribution in [3.63, 3.8) is 0 Å². The Kier molecular flexibility index (Phi) is 5.21. The van der Waals surface area contributed by atoms with Crippen LogP contribution in [0.3, 0.4) is 0 Å². The number of hydrogen-bond donors (Lipinski definition) is 2. The molecular formula is C9H17F3N2O2. The number of carbonyl (C=O) groups excluding carboxylic acids is 1. The second kappa shape index (κ2) is 5.49. The Labute approximate surface area is 92.5 Å². The summed E-state index contributed by atoms with van der Waals surface area (Å²) in [6.45, 7) is 5.33. The minimum atomic E-state index is -4.40. The maximum Gasteiger partial charge on any atom is 0.405 e. The number of carbonyl (C=O) groups is 1. The Balaban J connectivity index is 3.92. The van der Waals surface area contributed by atoms with Crippen LogP contribution in [-0.4, -0.2) is 30.3 Å². The van der Waals surface area contributed by atoms with Gasteiger partial charge in [-0.05, 0) is 27.7 Å². The van der Waals surface area contributed by atoms with E-state index >= 15 is 0 Å². The Hall–Kier alpha value is -0.820. The summed E-state index contributed by atoms with van der Waals surface area (Å²) >= 11 is 0. The zero-order valence-corrected chi connectivity index (χ0v) is 9.73. The highest BCUT2D eigenvalue weighted by atomic mass is 19.4. The van der Waals surface area contributed by atoms with Gasteiger partial charge in [-0.3, -0.25) is 9.63 Å². The van der Waals surface area contributed by atoms with Gasteiger partial charge in [-0.25, -0.2) is 0 Å². The predicted molar refractivity (Wildman–Crippen MR) is 52.5 cm³/mol. The summed E-state index contributed by atoms with van der Waals surface area (Å²) in [5.74, 6) is -0.762. The quantitative estimate of drug-likeness (QED) is 0.732. The first-order valence-electron chi connectivity index (χ1n) is 4.79. The number of hydrogen-bond acceptors (Lipinski definition) is 3. The van der Waals surface area contributed by atoms with E-state index in [4.69, 9.17) is 4.84 Å². The lowest BCUT2D eigenvalue weighted by atomic mass is 10.2. The SMILES string of the molecule is CC(NOC(C)(C)C)C(=O)NCC(F)(F)F. The second-order valence-corrected chi connectivity index (χ2v) is 4.39. The molecule has 0 aliphatic carbocycles. The fraction of sp³-hybridized carbons (Fsp3) is 0.889. The van der Waals surface area contributed by atoms with Crippen molar-refractivity contribution in [1.82, 2.24) is 10.8 Å². The highest BCUT2D eigenvalue weighted by Gasteiger charge is 2.28. The molecule has 0 aliphatic heterocycles. The van der Waals surface area contributed by atoms with E-state index in [1.54, 1.807) is 26.1 Å². The van der Waals surface area contributed by atoms with Gasteiger partial charge in [-0.15, -0.1) is 0 Å². The third kappa shape index (κ3) is 8.49. The highest BCUT2D eigenvalue weighted by Crippen LogP contribution is 2.12. The van der Waals surface area contributed by atoms with Crippen molar-refractivity contribution in [2.75, 3.05) is 6.54 Å². The van der Waals surface area contributed by atoms with E-state index in [1.807, 2.05) is 0 Å². The number of rotatable bonds is 4. The highest BCUT2D eigenvalue weighted by molar-refractivity contribution is 5.81. The van der Waals surface area contributed by atoms with Crippen molar-refractivity contribution in [1.29, 1.82) is 0 Å². The molecule has 2 N–H and O–H groups in total. The van der Waals surface area contributed by atoms with Crippen LogP contribution in [-0.2, 0) is 9.63 Å². The van der Waals surface area contributed by atoms with Gasteiger partial charge in [-0.1, -0.05) is 0 Å². The van der Waals surface area contributed by atoms with Gasteiger partial charge in [0.2, 0.25) is 5.91 Å². The molecule has 16 heavy (non-hydrogen) atoms. The molecule has 96 valence electrons. The average Bonchev–Trinajstić information content (AvgIpc) is 2.07. The van der Waals surface area contributed by atoms with Crippen molar-refractivity contribution in [3.8, 4) is 0 Å². The Morgan fingerprint density at radius 3 is 2.19 bits per heavy atom. The van der Waals surface area contributed by atoms with Gasteiger partial charge in [-0.2, -0.15) is 18.7 Å². The van der Waals surface area contributed by atoms with Crippen LogP contribution in [0.2, 0.25) is 0 Å². The molecular weight excluding hydrogens is 225 g/mol. The van der Waals surface area contributed by atoms with Crippen LogP contribution >= 0.6 is 0 Å². The van der Waals surface area contributed by atoms with Gasteiger partial charge < -0.3 is 5.32 Å². The van der Waals surface area contributed by atoms with Gasteiger partial charge in [0.1, 0.15) is 12.6 Å². The average molecular weight is 242 g/mol. The lowest BCUT2D eigenvalue weighted by Crippen LogP contribution is -2.47. The first kappa shape index (κ1) is 15.2. The molecule has 0 radical (unpaired) electrons. The molecule has 0 aromatic heterocycles. The van der Waals surface area contributed by atoms with Crippen LogP contribution in [0.15, 0.2) is 0 Å². The molecule has 0 aliphatic rings. The molecule has 0 rings (SSSR count). The number of halogens is 3. The molecule has 4 nitrogen and oxygen atoms in total. The Morgan fingerprint density at radius 2 is 1.81 bits per heavy atom. The molecule has 0 spiro atoms. The lowest BCUT2D eigenvalue weighted by Gasteiger charge is -2.22. The van der Waals surface area contributed by atoms with Gasteiger partial charge in [0.05, 0.1) is 5.60 Å². The van der Waals surface area contributed by atoms with Gasteiger partial charge >= 0.3 is 6.18 Å². The Bertz CT molecular complexity index is 236. The van der Waals surface area contributed by atoms with E-state index in [2.05, 4.69) is 5.48 Å². The maximum atomic E-state index is 11.8. The van der Waals surface area contributed by atoms with E-state index in [0.717, 1.165) is 0 Å². The van der Waals surface area contributed by atoms with E-state index in [1.165, 1.54) is 6.92 Å². The minimum absolute atomic E-state index is 0.515. The van der Waals surface area contributed by atoms with Crippen molar-refractivity contribution in [2.45, 2.75) is 45.5 Å². The smallest absolute Gasteiger partial charge is 0.346 e. The van der Waals surface area contributed by atoms with Crippen LogP contribution in [0, 0.1) is 0 Å². The molecule has 0 fully saturated rings. The second-order valence-electron chi connectivity index (χ2n) is 4.39.